The second kappa shape index (κ2) is 10.0. The Morgan fingerprint density at radius 1 is 1.08 bits per heavy atom. The normalized spacial score (nSPS) is 17.7. The Kier molecular flexibility index (Phi) is 6.67. The van der Waals surface area contributed by atoms with E-state index in [1.807, 2.05) is 66.2 Å². The zero-order valence-electron chi connectivity index (χ0n) is 19.9. The van der Waals surface area contributed by atoms with Crippen LogP contribution in [-0.2, 0) is 32.1 Å². The number of amides is 3. The topological polar surface area (TPSA) is 83.9 Å². The van der Waals surface area contributed by atoms with Crippen LogP contribution in [0.1, 0.15) is 18.1 Å². The van der Waals surface area contributed by atoms with E-state index in [-0.39, 0.29) is 23.1 Å². The third-order valence-corrected chi connectivity index (χ3v) is 6.79. The average Bonchev–Trinajstić information content (AvgIpc) is 3.24. The van der Waals surface area contributed by atoms with Crippen molar-refractivity contribution in [3.8, 4) is 0 Å². The van der Waals surface area contributed by atoms with Gasteiger partial charge in [0.25, 0.3) is 11.8 Å². The largest absolute Gasteiger partial charge is 0.378 e. The molecule has 8 nitrogen and oxygen atoms in total. The molecule has 0 aliphatic carbocycles. The second-order valence-corrected chi connectivity index (χ2v) is 9.05. The van der Waals surface area contributed by atoms with E-state index in [9.17, 15) is 14.4 Å². The number of rotatable bonds is 5. The fraction of sp³-hybridized carbons (Fsp3) is 0.259. The number of carbonyl (C=O) groups is 3. The van der Waals surface area contributed by atoms with Gasteiger partial charge >= 0.3 is 0 Å². The van der Waals surface area contributed by atoms with Crippen molar-refractivity contribution >= 4 is 57.7 Å². The van der Waals surface area contributed by atoms with Gasteiger partial charge in [0, 0.05) is 35.8 Å². The molecule has 0 bridgehead atoms. The molecule has 3 aromatic rings. The lowest BCUT2D eigenvalue weighted by atomic mass is 10.0. The fourth-order valence-electron chi connectivity index (χ4n) is 4.64. The number of nitrogens with zero attached hydrogens (tertiary/aromatic N) is 3. The lowest BCUT2D eigenvalue weighted by Gasteiger charge is -2.30. The number of anilines is 1. The first-order valence-electron chi connectivity index (χ1n) is 11.9. The van der Waals surface area contributed by atoms with Crippen LogP contribution in [0.3, 0.4) is 0 Å². The highest BCUT2D eigenvalue weighted by atomic mass is 32.1. The van der Waals surface area contributed by atoms with E-state index in [1.54, 1.807) is 11.0 Å². The molecule has 0 atom stereocenters. The van der Waals surface area contributed by atoms with Crippen molar-refractivity contribution in [2.45, 2.75) is 19.9 Å². The third kappa shape index (κ3) is 4.43. The monoisotopic (exact) mass is 502 g/mol. The highest BCUT2D eigenvalue weighted by Crippen LogP contribution is 2.28. The van der Waals surface area contributed by atoms with Gasteiger partial charge < -0.3 is 14.2 Å². The van der Waals surface area contributed by atoms with Gasteiger partial charge in [0.2, 0.25) is 5.91 Å². The minimum atomic E-state index is -0.545. The highest BCUT2D eigenvalue weighted by molar-refractivity contribution is 7.80. The van der Waals surface area contributed by atoms with Crippen molar-refractivity contribution in [2.75, 3.05) is 31.2 Å². The summed E-state index contributed by atoms with van der Waals surface area (Å²) in [6.07, 6.45) is 4.10. The maximum Gasteiger partial charge on any atom is 0.270 e. The van der Waals surface area contributed by atoms with Crippen LogP contribution in [0, 0.1) is 0 Å². The summed E-state index contributed by atoms with van der Waals surface area (Å²) in [5, 5.41) is 3.56. The molecule has 2 aromatic carbocycles. The molecule has 9 heteroatoms. The van der Waals surface area contributed by atoms with Gasteiger partial charge in [-0.3, -0.25) is 24.6 Å². The molecule has 184 valence electrons. The number of aryl methyl sites for hydroxylation is 1. The minimum Gasteiger partial charge on any atom is -0.378 e. The third-order valence-electron chi connectivity index (χ3n) is 6.50. The summed E-state index contributed by atoms with van der Waals surface area (Å²) in [5.41, 5.74) is 3.10. The molecule has 1 N–H and O–H groups in total. The van der Waals surface area contributed by atoms with Crippen LogP contribution in [0.25, 0.3) is 17.0 Å². The van der Waals surface area contributed by atoms with Crippen molar-refractivity contribution in [2.24, 2.45) is 0 Å². The number of hydrogen-bond acceptors (Lipinski definition) is 5. The van der Waals surface area contributed by atoms with E-state index in [4.69, 9.17) is 17.0 Å². The maximum absolute atomic E-state index is 13.6. The van der Waals surface area contributed by atoms with Gasteiger partial charge in [-0.25, -0.2) is 0 Å². The van der Waals surface area contributed by atoms with Crippen molar-refractivity contribution in [3.63, 3.8) is 0 Å². The van der Waals surface area contributed by atoms with Gasteiger partial charge in [-0.2, -0.15) is 0 Å². The number of hydrogen-bond donors (Lipinski definition) is 1. The van der Waals surface area contributed by atoms with Crippen molar-refractivity contribution < 1.29 is 19.1 Å². The maximum atomic E-state index is 13.6. The van der Waals surface area contributed by atoms with E-state index in [0.29, 0.717) is 44.0 Å². The summed E-state index contributed by atoms with van der Waals surface area (Å²) >= 11 is 5.37. The lowest BCUT2D eigenvalue weighted by molar-refractivity contribution is -0.135. The molecule has 0 unspecified atom stereocenters. The number of nitrogens with one attached hydrogen (secondary N) is 1. The minimum absolute atomic E-state index is 0.00237. The quantitative estimate of drug-likeness (QED) is 0.330. The summed E-state index contributed by atoms with van der Waals surface area (Å²) in [4.78, 5) is 42.5. The molecular weight excluding hydrogens is 476 g/mol. The number of ether oxygens (including phenoxy) is 1. The first-order valence-corrected chi connectivity index (χ1v) is 12.3. The molecule has 5 rings (SSSR count). The Morgan fingerprint density at radius 2 is 1.81 bits per heavy atom. The van der Waals surface area contributed by atoms with Crippen molar-refractivity contribution in [1.29, 1.82) is 0 Å². The van der Waals surface area contributed by atoms with Gasteiger partial charge in [-0.1, -0.05) is 43.3 Å². The van der Waals surface area contributed by atoms with Crippen LogP contribution in [0.4, 0.5) is 5.69 Å². The number of morpholine rings is 1. The summed E-state index contributed by atoms with van der Waals surface area (Å²) in [5.74, 6) is -1.03. The van der Waals surface area contributed by atoms with Gasteiger partial charge in [0.15, 0.2) is 5.11 Å². The zero-order valence-corrected chi connectivity index (χ0v) is 20.7. The van der Waals surface area contributed by atoms with E-state index in [1.165, 1.54) is 4.90 Å². The van der Waals surface area contributed by atoms with Crippen molar-refractivity contribution in [1.82, 2.24) is 14.8 Å². The zero-order chi connectivity index (χ0) is 25.2. The molecule has 3 heterocycles. The summed E-state index contributed by atoms with van der Waals surface area (Å²) in [6, 6.07) is 15.1. The molecule has 2 saturated heterocycles. The Labute approximate surface area is 214 Å². The summed E-state index contributed by atoms with van der Waals surface area (Å²) in [7, 11) is 0. The van der Waals surface area contributed by atoms with Gasteiger partial charge in [-0.05, 0) is 42.4 Å². The summed E-state index contributed by atoms with van der Waals surface area (Å²) in [6.45, 7) is 4.36. The molecule has 0 spiro atoms. The van der Waals surface area contributed by atoms with Gasteiger partial charge in [0.1, 0.15) is 12.1 Å². The molecule has 0 saturated carbocycles. The van der Waals surface area contributed by atoms with Crippen LogP contribution in [0.2, 0.25) is 0 Å². The molecular formula is C27H26N4O4S. The van der Waals surface area contributed by atoms with Crippen molar-refractivity contribution in [3.05, 3.63) is 71.4 Å². The highest BCUT2D eigenvalue weighted by Gasteiger charge is 2.35. The molecule has 1 aromatic heterocycles. The number of fused-ring (bicyclic) bond motifs is 1. The first kappa shape index (κ1) is 23.9. The molecule has 2 aliphatic rings. The molecule has 0 radical (unpaired) electrons. The number of carbonyl (C=O) groups excluding carboxylic acids is 3. The van der Waals surface area contributed by atoms with E-state index in [2.05, 4.69) is 5.32 Å². The van der Waals surface area contributed by atoms with Gasteiger partial charge in [-0.15, -0.1) is 0 Å². The SMILES string of the molecule is CCc1ccccc1N1C(=O)C(=Cc2cn(CC(=O)N3CCOCC3)c3ccccc23)C(=O)NC1=S. The molecule has 2 aliphatic heterocycles. The van der Waals surface area contributed by atoms with Gasteiger partial charge in [0.05, 0.1) is 18.9 Å². The molecule has 3 amide bonds. The number of thiocarbonyl (C=S) groups is 1. The number of para-hydroxylation sites is 2. The number of benzene rings is 2. The Balaban J connectivity index is 1.52. The lowest BCUT2D eigenvalue weighted by Crippen LogP contribution is -2.54. The van der Waals surface area contributed by atoms with Crippen LogP contribution in [0.15, 0.2) is 60.3 Å². The Morgan fingerprint density at radius 3 is 2.58 bits per heavy atom. The molecule has 2 fully saturated rings. The fourth-order valence-corrected chi connectivity index (χ4v) is 4.91. The smallest absolute Gasteiger partial charge is 0.270 e. The van der Waals surface area contributed by atoms with E-state index < -0.39 is 11.8 Å². The van der Waals surface area contributed by atoms with Crippen LogP contribution in [0.5, 0.6) is 0 Å². The second-order valence-electron chi connectivity index (χ2n) is 8.66. The number of aromatic nitrogens is 1. The molecule has 36 heavy (non-hydrogen) atoms. The standard InChI is InChI=1S/C27H26N4O4S/c1-2-18-7-3-5-9-22(18)31-26(34)21(25(33)28-27(31)36)15-19-16-30(23-10-6-4-8-20(19)23)17-24(32)29-11-13-35-14-12-29/h3-10,15-16H,2,11-14,17H2,1H3,(H,28,33,36). The van der Waals surface area contributed by atoms with Crippen LogP contribution >= 0.6 is 12.2 Å². The van der Waals surface area contributed by atoms with E-state index >= 15 is 0 Å². The average molecular weight is 503 g/mol. The predicted octanol–water partition coefficient (Wildman–Crippen LogP) is 2.89. The predicted molar refractivity (Wildman–Crippen MR) is 141 cm³/mol. The Bertz CT molecular complexity index is 1400. The summed E-state index contributed by atoms with van der Waals surface area (Å²) < 4.78 is 7.21. The van der Waals surface area contributed by atoms with Crippen LogP contribution in [-0.4, -0.2) is 58.6 Å². The first-order chi connectivity index (χ1) is 17.5. The van der Waals surface area contributed by atoms with Crippen LogP contribution < -0.4 is 10.2 Å². The Hall–Kier alpha value is -3.82. The van der Waals surface area contributed by atoms with E-state index in [0.717, 1.165) is 16.5 Å².